The molecule has 22 heavy (non-hydrogen) atoms. The van der Waals surface area contributed by atoms with Gasteiger partial charge in [-0.25, -0.2) is 8.78 Å². The lowest BCUT2D eigenvalue weighted by Gasteiger charge is -2.35. The van der Waals surface area contributed by atoms with E-state index in [-0.39, 0.29) is 36.4 Å². The highest BCUT2D eigenvalue weighted by molar-refractivity contribution is 5.85. The number of aliphatic hydroxyl groups is 1. The summed E-state index contributed by atoms with van der Waals surface area (Å²) in [6, 6.07) is 2.07. The van der Waals surface area contributed by atoms with E-state index in [0.29, 0.717) is 12.8 Å². The van der Waals surface area contributed by atoms with Crippen molar-refractivity contribution in [2.24, 2.45) is 0 Å². The van der Waals surface area contributed by atoms with Gasteiger partial charge in [-0.3, -0.25) is 4.90 Å². The second kappa shape index (κ2) is 9.25. The van der Waals surface area contributed by atoms with Crippen molar-refractivity contribution in [2.45, 2.75) is 18.9 Å². The lowest BCUT2D eigenvalue weighted by molar-refractivity contribution is 0.148. The third-order valence-corrected chi connectivity index (χ3v) is 3.85. The Bertz CT molecular complexity index is 448. The molecular weight excluding hydrogens is 314 g/mol. The number of benzene rings is 1. The Morgan fingerprint density at radius 2 is 1.86 bits per heavy atom. The number of ether oxygens (including phenoxy) is 1. The molecule has 1 aromatic carbocycles. The zero-order chi connectivity index (χ0) is 15.2. The Kier molecular flexibility index (Phi) is 8.03. The summed E-state index contributed by atoms with van der Waals surface area (Å²) < 4.78 is 33.5. The maximum Gasteiger partial charge on any atom is 0.134 e. The number of hydrogen-bond donors (Lipinski definition) is 2. The highest BCUT2D eigenvalue weighted by Gasteiger charge is 2.27. The van der Waals surface area contributed by atoms with Gasteiger partial charge in [0.15, 0.2) is 0 Å². The zero-order valence-corrected chi connectivity index (χ0v) is 13.5. The predicted octanol–water partition coefficient (Wildman–Crippen LogP) is 2.11. The van der Waals surface area contributed by atoms with Crippen LogP contribution in [-0.4, -0.2) is 49.9 Å². The van der Waals surface area contributed by atoms with E-state index in [4.69, 9.17) is 9.84 Å². The maximum atomic E-state index is 14.3. The Labute approximate surface area is 135 Å². The first-order chi connectivity index (χ1) is 10.2. The van der Waals surface area contributed by atoms with Crippen molar-refractivity contribution in [3.63, 3.8) is 0 Å². The molecule has 1 aromatic rings. The Hall–Kier alpha value is -0.950. The molecule has 1 aliphatic rings. The molecule has 7 heteroatoms. The lowest BCUT2D eigenvalue weighted by Crippen LogP contribution is -2.45. The summed E-state index contributed by atoms with van der Waals surface area (Å²) in [4.78, 5) is 2.07. The number of nitrogens with zero attached hydrogens (tertiary/aromatic N) is 1. The first-order valence-electron chi connectivity index (χ1n) is 7.26. The van der Waals surface area contributed by atoms with E-state index in [1.165, 1.54) is 19.2 Å². The first-order valence-corrected chi connectivity index (χ1v) is 7.26. The SMILES string of the molecule is COc1cc(F)c([C@@H](CCCO)N2CCNCC2)c(F)c1.Cl. The highest BCUT2D eigenvalue weighted by Crippen LogP contribution is 2.32. The van der Waals surface area contributed by atoms with Crippen molar-refractivity contribution in [3.8, 4) is 5.75 Å². The minimum absolute atomic E-state index is 0. The minimum Gasteiger partial charge on any atom is -0.497 e. The summed E-state index contributed by atoms with van der Waals surface area (Å²) in [6.45, 7) is 3.09. The molecule has 2 N–H and O–H groups in total. The normalized spacial score (nSPS) is 16.9. The summed E-state index contributed by atoms with van der Waals surface area (Å²) in [7, 11) is 1.38. The van der Waals surface area contributed by atoms with E-state index in [9.17, 15) is 8.78 Å². The van der Waals surface area contributed by atoms with E-state index in [1.54, 1.807) is 0 Å². The van der Waals surface area contributed by atoms with Crippen molar-refractivity contribution in [1.82, 2.24) is 10.2 Å². The molecule has 0 aliphatic carbocycles. The average molecular weight is 337 g/mol. The van der Waals surface area contributed by atoms with Crippen LogP contribution in [0.4, 0.5) is 8.78 Å². The third kappa shape index (κ3) is 4.52. The van der Waals surface area contributed by atoms with Gasteiger partial charge in [-0.2, -0.15) is 0 Å². The van der Waals surface area contributed by atoms with Gasteiger partial charge in [0.2, 0.25) is 0 Å². The summed E-state index contributed by atoms with van der Waals surface area (Å²) in [6.07, 6.45) is 1.04. The van der Waals surface area contributed by atoms with Gasteiger partial charge < -0.3 is 15.2 Å². The van der Waals surface area contributed by atoms with Crippen molar-refractivity contribution in [3.05, 3.63) is 29.3 Å². The number of hydrogen-bond acceptors (Lipinski definition) is 4. The molecule has 1 fully saturated rings. The predicted molar refractivity (Wildman–Crippen MR) is 83.7 cm³/mol. The van der Waals surface area contributed by atoms with E-state index >= 15 is 0 Å². The molecule has 0 amide bonds. The number of aliphatic hydroxyl groups excluding tert-OH is 1. The standard InChI is InChI=1S/C15H22F2N2O2.ClH/c1-21-11-9-12(16)15(13(17)10-11)14(3-2-8-20)19-6-4-18-5-7-19;/h9-10,14,18,20H,2-8H2,1H3;1H/t14-;/m1./s1. The fraction of sp³-hybridized carbons (Fsp3) is 0.600. The second-order valence-corrected chi connectivity index (χ2v) is 5.17. The van der Waals surface area contributed by atoms with Crippen LogP contribution in [-0.2, 0) is 0 Å². The lowest BCUT2D eigenvalue weighted by atomic mass is 9.98. The van der Waals surface area contributed by atoms with E-state index in [1.807, 2.05) is 0 Å². The third-order valence-electron chi connectivity index (χ3n) is 3.85. The molecule has 0 spiro atoms. The summed E-state index contributed by atoms with van der Waals surface area (Å²) in [5.41, 5.74) is 0.0751. The molecule has 0 radical (unpaired) electrons. The molecule has 2 rings (SSSR count). The number of piperazine rings is 1. The highest BCUT2D eigenvalue weighted by atomic mass is 35.5. The monoisotopic (exact) mass is 336 g/mol. The molecule has 0 unspecified atom stereocenters. The quantitative estimate of drug-likeness (QED) is 0.835. The Morgan fingerprint density at radius 3 is 2.36 bits per heavy atom. The first kappa shape index (κ1) is 19.1. The number of nitrogens with one attached hydrogen (secondary N) is 1. The van der Waals surface area contributed by atoms with Gasteiger partial charge in [0.1, 0.15) is 17.4 Å². The summed E-state index contributed by atoms with van der Waals surface area (Å²) in [5, 5.41) is 12.3. The average Bonchev–Trinajstić information content (AvgIpc) is 2.50. The topological polar surface area (TPSA) is 44.7 Å². The van der Waals surface area contributed by atoms with Crippen LogP contribution >= 0.6 is 12.4 Å². The number of rotatable bonds is 6. The van der Waals surface area contributed by atoms with Crippen molar-refractivity contribution >= 4 is 12.4 Å². The minimum atomic E-state index is -0.590. The number of halogens is 3. The molecule has 1 saturated heterocycles. The van der Waals surface area contributed by atoms with Crippen molar-refractivity contribution in [1.29, 1.82) is 0 Å². The molecular formula is C15H23ClF2N2O2. The van der Waals surface area contributed by atoms with Crippen LogP contribution in [0.2, 0.25) is 0 Å². The van der Waals surface area contributed by atoms with Crippen LogP contribution in [0.3, 0.4) is 0 Å². The van der Waals surface area contributed by atoms with Gasteiger partial charge in [0, 0.05) is 56.5 Å². The summed E-state index contributed by atoms with van der Waals surface area (Å²) >= 11 is 0. The van der Waals surface area contributed by atoms with Gasteiger partial charge >= 0.3 is 0 Å². The fourth-order valence-electron chi connectivity index (χ4n) is 2.79. The van der Waals surface area contributed by atoms with Crippen LogP contribution in [0.25, 0.3) is 0 Å². The van der Waals surface area contributed by atoms with Gasteiger partial charge in [-0.05, 0) is 12.8 Å². The van der Waals surface area contributed by atoms with Crippen LogP contribution in [0.15, 0.2) is 12.1 Å². The molecule has 1 heterocycles. The van der Waals surface area contributed by atoms with Crippen molar-refractivity contribution < 1.29 is 18.6 Å². The van der Waals surface area contributed by atoms with Gasteiger partial charge in [0.25, 0.3) is 0 Å². The van der Waals surface area contributed by atoms with E-state index < -0.39 is 11.6 Å². The molecule has 126 valence electrons. The van der Waals surface area contributed by atoms with Crippen LogP contribution in [0.5, 0.6) is 5.75 Å². The number of methoxy groups -OCH3 is 1. The maximum absolute atomic E-state index is 14.3. The van der Waals surface area contributed by atoms with Gasteiger partial charge in [-0.15, -0.1) is 12.4 Å². The fourth-order valence-corrected chi connectivity index (χ4v) is 2.79. The zero-order valence-electron chi connectivity index (χ0n) is 12.6. The molecule has 0 aromatic heterocycles. The largest absolute Gasteiger partial charge is 0.497 e. The molecule has 0 bridgehead atoms. The smallest absolute Gasteiger partial charge is 0.134 e. The van der Waals surface area contributed by atoms with Crippen LogP contribution in [0, 0.1) is 11.6 Å². The van der Waals surface area contributed by atoms with Crippen molar-refractivity contribution in [2.75, 3.05) is 39.9 Å². The van der Waals surface area contributed by atoms with Gasteiger partial charge in [-0.1, -0.05) is 0 Å². The van der Waals surface area contributed by atoms with Gasteiger partial charge in [0.05, 0.1) is 7.11 Å². The molecule has 4 nitrogen and oxygen atoms in total. The molecule has 1 aliphatic heterocycles. The molecule has 1 atom stereocenters. The van der Waals surface area contributed by atoms with E-state index in [2.05, 4.69) is 10.2 Å². The van der Waals surface area contributed by atoms with Crippen LogP contribution in [0.1, 0.15) is 24.4 Å². The Balaban J connectivity index is 0.00000242. The second-order valence-electron chi connectivity index (χ2n) is 5.17. The van der Waals surface area contributed by atoms with E-state index in [0.717, 1.165) is 26.2 Å². The van der Waals surface area contributed by atoms with Crippen LogP contribution < -0.4 is 10.1 Å². The summed E-state index contributed by atoms with van der Waals surface area (Å²) in [5.74, 6) is -1.00. The Morgan fingerprint density at radius 1 is 1.27 bits per heavy atom. The molecule has 0 saturated carbocycles.